The number of nitrogens with zero attached hydrogens (tertiary/aromatic N) is 1. The van der Waals surface area contributed by atoms with E-state index in [0.29, 0.717) is 25.9 Å². The molecule has 88 valence electrons. The van der Waals surface area contributed by atoms with Crippen LogP contribution in [0.25, 0.3) is 0 Å². The predicted octanol–water partition coefficient (Wildman–Crippen LogP) is 0.941. The van der Waals surface area contributed by atoms with E-state index in [-0.39, 0.29) is 11.7 Å². The molecule has 0 unspecified atom stereocenters. The van der Waals surface area contributed by atoms with E-state index in [1.807, 2.05) is 13.8 Å². The van der Waals surface area contributed by atoms with Crippen molar-refractivity contribution in [2.24, 2.45) is 5.73 Å². The van der Waals surface area contributed by atoms with Gasteiger partial charge in [-0.2, -0.15) is 0 Å². The minimum absolute atomic E-state index is 0.0238. The lowest BCUT2D eigenvalue weighted by molar-refractivity contribution is -0.133. The van der Waals surface area contributed by atoms with Crippen LogP contribution in [0.15, 0.2) is 0 Å². The normalized spacial score (nSPS) is 18.9. The van der Waals surface area contributed by atoms with Gasteiger partial charge in [0.15, 0.2) is 0 Å². The fourth-order valence-electron chi connectivity index (χ4n) is 1.57. The van der Waals surface area contributed by atoms with Gasteiger partial charge in [0.1, 0.15) is 5.78 Å². The highest BCUT2D eigenvalue weighted by atomic mass is 16.2. The molecule has 1 heterocycles. The maximum Gasteiger partial charge on any atom is 0.219 e. The molecule has 0 aromatic carbocycles. The third-order valence-corrected chi connectivity index (χ3v) is 2.80. The Morgan fingerprint density at radius 1 is 1.13 bits per heavy atom. The lowest BCUT2D eigenvalue weighted by Gasteiger charge is -2.37. The second kappa shape index (κ2) is 5.85. The van der Waals surface area contributed by atoms with Crippen LogP contribution in [0.5, 0.6) is 0 Å². The van der Waals surface area contributed by atoms with E-state index >= 15 is 0 Å². The molecule has 0 radical (unpaired) electrons. The number of carbonyl (C=O) groups excluding carboxylic acids is 2. The van der Waals surface area contributed by atoms with Crippen molar-refractivity contribution in [1.82, 2.24) is 4.90 Å². The summed E-state index contributed by atoms with van der Waals surface area (Å²) in [6.07, 6.45) is 1.17. The summed E-state index contributed by atoms with van der Waals surface area (Å²) in [5, 5.41) is 0. The van der Waals surface area contributed by atoms with Gasteiger partial charge in [-0.05, 0) is 19.8 Å². The number of ketones is 1. The van der Waals surface area contributed by atoms with Crippen molar-refractivity contribution in [1.29, 1.82) is 0 Å². The van der Waals surface area contributed by atoms with Gasteiger partial charge in [-0.3, -0.25) is 9.59 Å². The van der Waals surface area contributed by atoms with E-state index in [4.69, 9.17) is 5.73 Å². The number of hydrogen-bond acceptors (Lipinski definition) is 3. The third kappa shape index (κ3) is 3.63. The first-order valence-electron chi connectivity index (χ1n) is 5.51. The van der Waals surface area contributed by atoms with Gasteiger partial charge < -0.3 is 10.6 Å². The Hall–Kier alpha value is -0.900. The molecule has 1 aliphatic rings. The van der Waals surface area contributed by atoms with Gasteiger partial charge >= 0.3 is 0 Å². The molecule has 1 rings (SSSR count). The van der Waals surface area contributed by atoms with Crippen LogP contribution < -0.4 is 5.73 Å². The Morgan fingerprint density at radius 2 is 1.53 bits per heavy atom. The van der Waals surface area contributed by atoms with Crippen LogP contribution >= 0.6 is 0 Å². The molecule has 0 aromatic heterocycles. The number of nitrogens with two attached hydrogens (primary N) is 1. The molecule has 0 saturated carbocycles. The van der Waals surface area contributed by atoms with E-state index in [1.165, 1.54) is 13.8 Å². The molecule has 0 atom stereocenters. The molecule has 2 N–H and O–H groups in total. The van der Waals surface area contributed by atoms with Crippen molar-refractivity contribution >= 4 is 11.7 Å². The summed E-state index contributed by atoms with van der Waals surface area (Å²) >= 11 is 0. The molecule has 1 saturated heterocycles. The van der Waals surface area contributed by atoms with Crippen LogP contribution in [0.2, 0.25) is 0 Å². The van der Waals surface area contributed by atoms with Crippen molar-refractivity contribution in [2.75, 3.05) is 13.1 Å². The van der Waals surface area contributed by atoms with Gasteiger partial charge in [-0.25, -0.2) is 0 Å². The van der Waals surface area contributed by atoms with Crippen molar-refractivity contribution in [3.8, 4) is 0 Å². The zero-order valence-electron chi connectivity index (χ0n) is 10.2. The molecule has 0 aliphatic carbocycles. The van der Waals surface area contributed by atoms with E-state index in [9.17, 15) is 9.59 Å². The highest BCUT2D eigenvalue weighted by molar-refractivity contribution is 5.86. The quantitative estimate of drug-likeness (QED) is 0.706. The van der Waals surface area contributed by atoms with Crippen molar-refractivity contribution < 1.29 is 9.59 Å². The molecular formula is C11H22N2O2. The highest BCUT2D eigenvalue weighted by Gasteiger charge is 2.35. The van der Waals surface area contributed by atoms with Crippen LogP contribution in [0.4, 0.5) is 0 Å². The number of likely N-dealkylation sites (tertiary alicyclic amines) is 1. The summed E-state index contributed by atoms with van der Waals surface area (Å²) in [5.74, 6) is 0.0845. The maximum atomic E-state index is 11.2. The molecule has 1 amide bonds. The minimum atomic E-state index is -0.689. The Kier molecular flexibility index (Phi) is 5.50. The molecule has 0 spiro atoms. The SMILES string of the molecule is CC.CC(=O)N1CCC(N)(C(C)=O)CC1. The molecule has 4 nitrogen and oxygen atoms in total. The summed E-state index contributed by atoms with van der Waals surface area (Å²) in [6.45, 7) is 8.26. The molecule has 1 fully saturated rings. The summed E-state index contributed by atoms with van der Waals surface area (Å²) in [7, 11) is 0. The van der Waals surface area contributed by atoms with Crippen LogP contribution in [-0.4, -0.2) is 35.2 Å². The number of hydrogen-bond donors (Lipinski definition) is 1. The van der Waals surface area contributed by atoms with E-state index in [2.05, 4.69) is 0 Å². The number of Topliss-reactive ketones (excluding diaryl/α,β-unsaturated/α-hetero) is 1. The van der Waals surface area contributed by atoms with Gasteiger partial charge in [0.2, 0.25) is 5.91 Å². The third-order valence-electron chi connectivity index (χ3n) is 2.80. The fourth-order valence-corrected chi connectivity index (χ4v) is 1.57. The second-order valence-electron chi connectivity index (χ2n) is 3.72. The summed E-state index contributed by atoms with van der Waals surface area (Å²) in [5.41, 5.74) is 5.19. The zero-order chi connectivity index (χ0) is 12.1. The summed E-state index contributed by atoms with van der Waals surface area (Å²) < 4.78 is 0. The average Bonchev–Trinajstić information content (AvgIpc) is 2.21. The Balaban J connectivity index is 0.000000921. The van der Waals surface area contributed by atoms with Gasteiger partial charge in [0.05, 0.1) is 5.54 Å². The molecule has 0 aromatic rings. The molecule has 4 heteroatoms. The Labute approximate surface area is 91.8 Å². The van der Waals surface area contributed by atoms with Crippen LogP contribution in [-0.2, 0) is 9.59 Å². The summed E-state index contributed by atoms with van der Waals surface area (Å²) in [4.78, 5) is 23.9. The average molecular weight is 214 g/mol. The fraction of sp³-hybridized carbons (Fsp3) is 0.818. The largest absolute Gasteiger partial charge is 0.343 e. The highest BCUT2D eigenvalue weighted by Crippen LogP contribution is 2.20. The first-order chi connectivity index (χ1) is 6.96. The van der Waals surface area contributed by atoms with Crippen molar-refractivity contribution in [2.45, 2.75) is 46.1 Å². The standard InChI is InChI=1S/C9H16N2O2.C2H6/c1-7(12)9(10)3-5-11(6-4-9)8(2)13;1-2/h3-6,10H2,1-2H3;1-2H3. The van der Waals surface area contributed by atoms with Crippen molar-refractivity contribution in [3.05, 3.63) is 0 Å². The Bertz CT molecular complexity index is 231. The minimum Gasteiger partial charge on any atom is -0.343 e. The van der Waals surface area contributed by atoms with E-state index in [0.717, 1.165) is 0 Å². The Morgan fingerprint density at radius 3 is 1.80 bits per heavy atom. The second-order valence-corrected chi connectivity index (χ2v) is 3.72. The maximum absolute atomic E-state index is 11.2. The van der Waals surface area contributed by atoms with Crippen LogP contribution in [0.1, 0.15) is 40.5 Å². The van der Waals surface area contributed by atoms with Gasteiger partial charge in [0, 0.05) is 20.0 Å². The van der Waals surface area contributed by atoms with E-state index < -0.39 is 5.54 Å². The lowest BCUT2D eigenvalue weighted by atomic mass is 9.85. The van der Waals surface area contributed by atoms with Crippen molar-refractivity contribution in [3.63, 3.8) is 0 Å². The number of piperidine rings is 1. The molecule has 15 heavy (non-hydrogen) atoms. The van der Waals surface area contributed by atoms with Crippen LogP contribution in [0.3, 0.4) is 0 Å². The lowest BCUT2D eigenvalue weighted by Crippen LogP contribution is -2.55. The first kappa shape index (κ1) is 14.1. The monoisotopic (exact) mass is 214 g/mol. The predicted molar refractivity (Wildman–Crippen MR) is 60.4 cm³/mol. The van der Waals surface area contributed by atoms with Gasteiger partial charge in [0.25, 0.3) is 0 Å². The molecule has 0 bridgehead atoms. The molecular weight excluding hydrogens is 192 g/mol. The summed E-state index contributed by atoms with van der Waals surface area (Å²) in [6, 6.07) is 0. The van der Waals surface area contributed by atoms with Gasteiger partial charge in [-0.1, -0.05) is 13.8 Å². The topological polar surface area (TPSA) is 63.4 Å². The molecule has 1 aliphatic heterocycles. The number of amides is 1. The number of carbonyl (C=O) groups is 2. The van der Waals surface area contributed by atoms with Crippen LogP contribution in [0, 0.1) is 0 Å². The zero-order valence-corrected chi connectivity index (χ0v) is 10.2. The number of rotatable bonds is 1. The first-order valence-corrected chi connectivity index (χ1v) is 5.51. The smallest absolute Gasteiger partial charge is 0.219 e. The van der Waals surface area contributed by atoms with Gasteiger partial charge in [-0.15, -0.1) is 0 Å². The van der Waals surface area contributed by atoms with E-state index in [1.54, 1.807) is 4.90 Å².